The molecular formula is C20H25N3O3. The number of hydrogen-bond acceptors (Lipinski definition) is 4. The minimum atomic E-state index is -0.616. The van der Waals surface area contributed by atoms with Gasteiger partial charge in [-0.25, -0.2) is 0 Å². The van der Waals surface area contributed by atoms with Crippen molar-refractivity contribution in [2.24, 2.45) is 0 Å². The Labute approximate surface area is 153 Å². The summed E-state index contributed by atoms with van der Waals surface area (Å²) in [6.07, 6.45) is 0.198. The molecule has 6 nitrogen and oxygen atoms in total. The van der Waals surface area contributed by atoms with E-state index in [2.05, 4.69) is 11.7 Å². The molecule has 1 aromatic carbocycles. The van der Waals surface area contributed by atoms with Crippen LogP contribution in [0.15, 0.2) is 42.5 Å². The molecule has 3 rings (SSSR count). The first-order valence-electron chi connectivity index (χ1n) is 8.86. The highest BCUT2D eigenvalue weighted by molar-refractivity contribution is 5.96. The van der Waals surface area contributed by atoms with E-state index in [-0.39, 0.29) is 5.91 Å². The van der Waals surface area contributed by atoms with Gasteiger partial charge in [0.25, 0.3) is 5.91 Å². The number of benzene rings is 1. The number of aliphatic hydroxyl groups is 1. The Bertz CT molecular complexity index is 810. The number of aliphatic hydroxyl groups excluding tert-OH is 1. The molecule has 1 atom stereocenters. The van der Waals surface area contributed by atoms with Gasteiger partial charge >= 0.3 is 0 Å². The Balaban J connectivity index is 1.82. The van der Waals surface area contributed by atoms with Gasteiger partial charge in [0.2, 0.25) is 0 Å². The maximum absolute atomic E-state index is 13.1. The number of carbonyl (C=O) groups excluding carboxylic acids is 1. The standard InChI is InChI=1S/C20H25N3O3/c1-14(2)13-26-19-8-5-4-7-17(19)20(25)22-9-6-10-23-16(12-22)11-18(21-23)15(3)24/h4-5,7-8,11,15,24H,1,6,9-10,12-13H2,2-3H3/t15-/m0/s1. The molecule has 1 amide bonds. The number of carbonyl (C=O) groups is 1. The highest BCUT2D eigenvalue weighted by atomic mass is 16.5. The van der Waals surface area contributed by atoms with E-state index < -0.39 is 6.10 Å². The summed E-state index contributed by atoms with van der Waals surface area (Å²) in [5.74, 6) is 0.512. The van der Waals surface area contributed by atoms with Crippen molar-refractivity contribution in [2.45, 2.75) is 39.5 Å². The summed E-state index contributed by atoms with van der Waals surface area (Å²) >= 11 is 0. The van der Waals surface area contributed by atoms with Gasteiger partial charge in [-0.1, -0.05) is 18.7 Å². The van der Waals surface area contributed by atoms with Crippen molar-refractivity contribution in [3.05, 3.63) is 59.4 Å². The molecule has 0 bridgehead atoms. The fraction of sp³-hybridized carbons (Fsp3) is 0.400. The van der Waals surface area contributed by atoms with E-state index in [1.165, 1.54) is 0 Å². The van der Waals surface area contributed by atoms with Gasteiger partial charge in [0.05, 0.1) is 29.6 Å². The zero-order valence-electron chi connectivity index (χ0n) is 15.3. The van der Waals surface area contributed by atoms with E-state index >= 15 is 0 Å². The maximum Gasteiger partial charge on any atom is 0.257 e. The molecule has 0 saturated heterocycles. The Morgan fingerprint density at radius 2 is 2.15 bits per heavy atom. The average molecular weight is 355 g/mol. The average Bonchev–Trinajstić information content (AvgIpc) is 2.92. The highest BCUT2D eigenvalue weighted by Crippen LogP contribution is 2.24. The lowest BCUT2D eigenvalue weighted by Crippen LogP contribution is -2.31. The van der Waals surface area contributed by atoms with E-state index in [0.29, 0.717) is 36.7 Å². The number of nitrogens with zero attached hydrogens (tertiary/aromatic N) is 3. The number of hydrogen-bond donors (Lipinski definition) is 1. The van der Waals surface area contributed by atoms with Crippen LogP contribution in [-0.2, 0) is 13.1 Å². The quantitative estimate of drug-likeness (QED) is 0.838. The van der Waals surface area contributed by atoms with E-state index in [9.17, 15) is 9.90 Å². The Morgan fingerprint density at radius 3 is 2.88 bits per heavy atom. The lowest BCUT2D eigenvalue weighted by atomic mass is 10.1. The molecule has 0 radical (unpaired) electrons. The van der Waals surface area contributed by atoms with Gasteiger partial charge in [-0.2, -0.15) is 5.10 Å². The first-order chi connectivity index (χ1) is 12.5. The molecule has 1 aliphatic heterocycles. The summed E-state index contributed by atoms with van der Waals surface area (Å²) in [6, 6.07) is 9.18. The van der Waals surface area contributed by atoms with E-state index in [1.807, 2.05) is 40.8 Å². The molecule has 1 aliphatic rings. The summed E-state index contributed by atoms with van der Waals surface area (Å²) in [5.41, 5.74) is 3.03. The monoisotopic (exact) mass is 355 g/mol. The molecule has 0 saturated carbocycles. The van der Waals surface area contributed by atoms with Gasteiger partial charge in [-0.05, 0) is 44.0 Å². The molecule has 138 valence electrons. The second kappa shape index (κ2) is 7.74. The molecule has 1 N–H and O–H groups in total. The zero-order chi connectivity index (χ0) is 18.7. The third-order valence-corrected chi connectivity index (χ3v) is 4.34. The van der Waals surface area contributed by atoms with Crippen molar-refractivity contribution < 1.29 is 14.6 Å². The Hall–Kier alpha value is -2.60. The van der Waals surface area contributed by atoms with Gasteiger partial charge in [0, 0.05) is 13.1 Å². The maximum atomic E-state index is 13.1. The summed E-state index contributed by atoms with van der Waals surface area (Å²) in [7, 11) is 0. The van der Waals surface area contributed by atoms with Gasteiger partial charge in [-0.3, -0.25) is 9.48 Å². The molecule has 2 aromatic rings. The van der Waals surface area contributed by atoms with Crippen LogP contribution >= 0.6 is 0 Å². The number of aromatic nitrogens is 2. The van der Waals surface area contributed by atoms with Gasteiger partial charge in [-0.15, -0.1) is 0 Å². The lowest BCUT2D eigenvalue weighted by Gasteiger charge is -2.21. The minimum Gasteiger partial charge on any atom is -0.488 e. The second-order valence-corrected chi connectivity index (χ2v) is 6.78. The summed E-state index contributed by atoms with van der Waals surface area (Å²) in [5, 5.41) is 14.2. The topological polar surface area (TPSA) is 67.6 Å². The molecule has 1 aromatic heterocycles. The van der Waals surface area contributed by atoms with Crippen LogP contribution in [0.3, 0.4) is 0 Å². The zero-order valence-corrected chi connectivity index (χ0v) is 15.3. The van der Waals surface area contributed by atoms with Crippen molar-refractivity contribution in [1.82, 2.24) is 14.7 Å². The molecule has 26 heavy (non-hydrogen) atoms. The first kappa shape index (κ1) is 18.2. The van der Waals surface area contributed by atoms with Gasteiger partial charge in [0.15, 0.2) is 0 Å². The SMILES string of the molecule is C=C(C)COc1ccccc1C(=O)N1CCCn2nc([C@H](C)O)cc2C1. The van der Waals surface area contributed by atoms with E-state index in [1.54, 1.807) is 13.0 Å². The van der Waals surface area contributed by atoms with Crippen LogP contribution in [0.1, 0.15) is 48.1 Å². The van der Waals surface area contributed by atoms with Crippen LogP contribution < -0.4 is 4.74 Å². The van der Waals surface area contributed by atoms with Gasteiger partial charge in [0.1, 0.15) is 12.4 Å². The third kappa shape index (κ3) is 3.96. The fourth-order valence-electron chi connectivity index (χ4n) is 3.00. The summed E-state index contributed by atoms with van der Waals surface area (Å²) < 4.78 is 7.64. The Kier molecular flexibility index (Phi) is 5.42. The molecule has 0 fully saturated rings. The number of rotatable bonds is 5. The predicted octanol–water partition coefficient (Wildman–Crippen LogP) is 2.94. The molecule has 2 heterocycles. The van der Waals surface area contributed by atoms with E-state index in [4.69, 9.17) is 4.74 Å². The van der Waals surface area contributed by atoms with Crippen molar-refractivity contribution in [3.63, 3.8) is 0 Å². The first-order valence-corrected chi connectivity index (χ1v) is 8.86. The number of para-hydroxylation sites is 1. The predicted molar refractivity (Wildman–Crippen MR) is 99.0 cm³/mol. The van der Waals surface area contributed by atoms with E-state index in [0.717, 1.165) is 24.2 Å². The highest BCUT2D eigenvalue weighted by Gasteiger charge is 2.24. The number of fused-ring (bicyclic) bond motifs is 1. The van der Waals surface area contributed by atoms with Crippen molar-refractivity contribution in [3.8, 4) is 5.75 Å². The van der Waals surface area contributed by atoms with Crippen molar-refractivity contribution in [1.29, 1.82) is 0 Å². The van der Waals surface area contributed by atoms with Crippen LogP contribution in [0.4, 0.5) is 0 Å². The number of ether oxygens (including phenoxy) is 1. The smallest absolute Gasteiger partial charge is 0.257 e. The molecular weight excluding hydrogens is 330 g/mol. The molecule has 0 unspecified atom stereocenters. The summed E-state index contributed by atoms with van der Waals surface area (Å²) in [6.45, 7) is 9.66. The van der Waals surface area contributed by atoms with Crippen LogP contribution in [0, 0.1) is 0 Å². The molecule has 6 heteroatoms. The van der Waals surface area contributed by atoms with Crippen LogP contribution in [0.5, 0.6) is 5.75 Å². The minimum absolute atomic E-state index is 0.0597. The normalized spacial score (nSPS) is 15.1. The fourth-order valence-corrected chi connectivity index (χ4v) is 3.00. The lowest BCUT2D eigenvalue weighted by molar-refractivity contribution is 0.0741. The van der Waals surface area contributed by atoms with Crippen LogP contribution in [0.2, 0.25) is 0 Å². The van der Waals surface area contributed by atoms with Gasteiger partial charge < -0.3 is 14.7 Å². The van der Waals surface area contributed by atoms with Crippen LogP contribution in [-0.4, -0.2) is 38.8 Å². The second-order valence-electron chi connectivity index (χ2n) is 6.78. The summed E-state index contributed by atoms with van der Waals surface area (Å²) in [4.78, 5) is 14.9. The molecule has 0 spiro atoms. The van der Waals surface area contributed by atoms with Crippen molar-refractivity contribution in [2.75, 3.05) is 13.2 Å². The number of aryl methyl sites for hydroxylation is 1. The molecule has 0 aliphatic carbocycles. The third-order valence-electron chi connectivity index (χ3n) is 4.34. The number of amides is 1. The van der Waals surface area contributed by atoms with Crippen molar-refractivity contribution >= 4 is 5.91 Å². The Morgan fingerprint density at radius 1 is 1.38 bits per heavy atom. The van der Waals surface area contributed by atoms with Crippen LogP contribution in [0.25, 0.3) is 0 Å². The largest absolute Gasteiger partial charge is 0.488 e.